The molecule has 0 radical (unpaired) electrons. The molecule has 0 aromatic heterocycles. The van der Waals surface area contributed by atoms with Crippen LogP contribution in [0.1, 0.15) is 12.5 Å². The van der Waals surface area contributed by atoms with Crippen LogP contribution in [0.4, 0.5) is 0 Å². The number of rotatable bonds is 7. The first kappa shape index (κ1) is 14.0. The molecule has 0 aliphatic carbocycles. The zero-order valence-electron chi connectivity index (χ0n) is 10.1. The number of ether oxygens (including phenoxy) is 1. The van der Waals surface area contributed by atoms with Gasteiger partial charge in [-0.05, 0) is 24.6 Å². The SMILES string of the molecule is CC(NCc1ccc(OCC(N)=O)cc1)C(=O)O. The minimum absolute atomic E-state index is 0.159. The maximum Gasteiger partial charge on any atom is 0.320 e. The van der Waals surface area contributed by atoms with Crippen LogP contribution in [-0.2, 0) is 16.1 Å². The summed E-state index contributed by atoms with van der Waals surface area (Å²) in [4.78, 5) is 21.1. The van der Waals surface area contributed by atoms with E-state index in [4.69, 9.17) is 15.6 Å². The summed E-state index contributed by atoms with van der Waals surface area (Å²) in [6.07, 6.45) is 0. The van der Waals surface area contributed by atoms with Crippen molar-refractivity contribution in [2.75, 3.05) is 6.61 Å². The molecular weight excluding hydrogens is 236 g/mol. The molecule has 1 unspecified atom stereocenters. The van der Waals surface area contributed by atoms with Gasteiger partial charge in [-0.3, -0.25) is 9.59 Å². The van der Waals surface area contributed by atoms with E-state index < -0.39 is 17.9 Å². The van der Waals surface area contributed by atoms with Crippen LogP contribution in [-0.4, -0.2) is 29.6 Å². The highest BCUT2D eigenvalue weighted by Gasteiger charge is 2.09. The average molecular weight is 252 g/mol. The lowest BCUT2D eigenvalue weighted by Crippen LogP contribution is -2.33. The van der Waals surface area contributed by atoms with Crippen LogP contribution < -0.4 is 15.8 Å². The Bertz CT molecular complexity index is 417. The molecule has 1 aromatic carbocycles. The van der Waals surface area contributed by atoms with Crippen LogP contribution >= 0.6 is 0 Å². The molecule has 0 fully saturated rings. The van der Waals surface area contributed by atoms with E-state index in [1.54, 1.807) is 31.2 Å². The van der Waals surface area contributed by atoms with Gasteiger partial charge in [-0.1, -0.05) is 12.1 Å². The molecule has 0 bridgehead atoms. The summed E-state index contributed by atoms with van der Waals surface area (Å²) >= 11 is 0. The highest BCUT2D eigenvalue weighted by atomic mass is 16.5. The second-order valence-corrected chi connectivity index (χ2v) is 3.84. The van der Waals surface area contributed by atoms with Gasteiger partial charge in [-0.15, -0.1) is 0 Å². The Hall–Kier alpha value is -2.08. The topological polar surface area (TPSA) is 102 Å². The van der Waals surface area contributed by atoms with E-state index in [0.29, 0.717) is 12.3 Å². The fraction of sp³-hybridized carbons (Fsp3) is 0.333. The van der Waals surface area contributed by atoms with Gasteiger partial charge in [0.15, 0.2) is 6.61 Å². The van der Waals surface area contributed by atoms with E-state index >= 15 is 0 Å². The molecule has 0 saturated heterocycles. The number of carbonyl (C=O) groups is 2. The molecule has 4 N–H and O–H groups in total. The molecule has 6 heteroatoms. The third-order valence-corrected chi connectivity index (χ3v) is 2.29. The summed E-state index contributed by atoms with van der Waals surface area (Å²) in [7, 11) is 0. The van der Waals surface area contributed by atoms with Crippen molar-refractivity contribution in [2.45, 2.75) is 19.5 Å². The van der Waals surface area contributed by atoms with Crippen molar-refractivity contribution >= 4 is 11.9 Å². The monoisotopic (exact) mass is 252 g/mol. The molecule has 0 saturated carbocycles. The Balaban J connectivity index is 2.45. The first-order chi connectivity index (χ1) is 8.49. The molecule has 1 amide bonds. The second-order valence-electron chi connectivity index (χ2n) is 3.84. The normalized spacial score (nSPS) is 11.8. The first-order valence-electron chi connectivity index (χ1n) is 5.45. The zero-order chi connectivity index (χ0) is 13.5. The van der Waals surface area contributed by atoms with Gasteiger partial charge >= 0.3 is 5.97 Å². The molecular formula is C12H16N2O4. The third-order valence-electron chi connectivity index (χ3n) is 2.29. The third kappa shape index (κ3) is 4.84. The Kier molecular flexibility index (Phi) is 5.13. The number of nitrogens with one attached hydrogen (secondary N) is 1. The standard InChI is InChI=1S/C12H16N2O4/c1-8(12(16)17)14-6-9-2-4-10(5-3-9)18-7-11(13)15/h2-5,8,14H,6-7H2,1H3,(H2,13,15)(H,16,17). The van der Waals surface area contributed by atoms with Crippen molar-refractivity contribution in [3.8, 4) is 5.75 Å². The van der Waals surface area contributed by atoms with E-state index in [1.807, 2.05) is 0 Å². The summed E-state index contributed by atoms with van der Waals surface area (Å²) in [5, 5.41) is 11.6. The van der Waals surface area contributed by atoms with Gasteiger partial charge in [0.1, 0.15) is 11.8 Å². The van der Waals surface area contributed by atoms with Crippen LogP contribution in [0, 0.1) is 0 Å². The van der Waals surface area contributed by atoms with Gasteiger partial charge in [-0.2, -0.15) is 0 Å². The van der Waals surface area contributed by atoms with E-state index in [2.05, 4.69) is 5.32 Å². The lowest BCUT2D eigenvalue weighted by Gasteiger charge is -2.09. The number of amides is 1. The Morgan fingerprint density at radius 3 is 2.50 bits per heavy atom. The number of carboxylic acid groups (broad SMARTS) is 1. The molecule has 1 atom stereocenters. The number of benzene rings is 1. The lowest BCUT2D eigenvalue weighted by molar-refractivity contribution is -0.139. The molecule has 18 heavy (non-hydrogen) atoms. The summed E-state index contributed by atoms with van der Waals surface area (Å²) in [6, 6.07) is 6.38. The molecule has 1 aromatic rings. The van der Waals surface area contributed by atoms with E-state index in [9.17, 15) is 9.59 Å². The number of hydrogen-bond donors (Lipinski definition) is 3. The van der Waals surface area contributed by atoms with E-state index in [-0.39, 0.29) is 6.61 Å². The van der Waals surface area contributed by atoms with Crippen molar-refractivity contribution in [1.29, 1.82) is 0 Å². The van der Waals surface area contributed by atoms with Crippen molar-refractivity contribution in [3.63, 3.8) is 0 Å². The summed E-state index contributed by atoms with van der Waals surface area (Å²) in [6.45, 7) is 1.86. The van der Waals surface area contributed by atoms with E-state index in [1.165, 1.54) is 0 Å². The molecule has 6 nitrogen and oxygen atoms in total. The van der Waals surface area contributed by atoms with Crippen LogP contribution in [0.15, 0.2) is 24.3 Å². The Morgan fingerprint density at radius 1 is 1.39 bits per heavy atom. The molecule has 1 rings (SSSR count). The molecule has 98 valence electrons. The van der Waals surface area contributed by atoms with Gasteiger partial charge in [0.25, 0.3) is 5.91 Å². The second kappa shape index (κ2) is 6.61. The summed E-state index contributed by atoms with van der Waals surface area (Å²) in [5.41, 5.74) is 5.88. The predicted octanol–water partition coefficient (Wildman–Crippen LogP) is 0.113. The Labute approximate surface area is 105 Å². The maximum atomic E-state index is 10.6. The molecule has 0 spiro atoms. The van der Waals surface area contributed by atoms with Crippen LogP contribution in [0.5, 0.6) is 5.75 Å². The summed E-state index contributed by atoms with van der Waals surface area (Å²) < 4.78 is 5.10. The quantitative estimate of drug-likeness (QED) is 0.639. The number of nitrogens with two attached hydrogens (primary N) is 1. The number of carboxylic acids is 1. The largest absolute Gasteiger partial charge is 0.484 e. The first-order valence-corrected chi connectivity index (χ1v) is 5.45. The number of aliphatic carboxylic acids is 1. The molecule has 0 aliphatic rings. The smallest absolute Gasteiger partial charge is 0.320 e. The average Bonchev–Trinajstić information content (AvgIpc) is 2.34. The highest BCUT2D eigenvalue weighted by molar-refractivity contribution is 5.75. The zero-order valence-corrected chi connectivity index (χ0v) is 10.1. The fourth-order valence-corrected chi connectivity index (χ4v) is 1.22. The number of hydrogen-bond acceptors (Lipinski definition) is 4. The maximum absolute atomic E-state index is 10.6. The van der Waals surface area contributed by atoms with Gasteiger partial charge < -0.3 is 20.9 Å². The molecule has 0 heterocycles. The highest BCUT2D eigenvalue weighted by Crippen LogP contribution is 2.11. The van der Waals surface area contributed by atoms with Crippen molar-refractivity contribution in [2.24, 2.45) is 5.73 Å². The predicted molar refractivity (Wildman–Crippen MR) is 65.1 cm³/mol. The van der Waals surface area contributed by atoms with Crippen LogP contribution in [0.3, 0.4) is 0 Å². The van der Waals surface area contributed by atoms with Gasteiger partial charge in [0.05, 0.1) is 0 Å². The minimum Gasteiger partial charge on any atom is -0.484 e. The van der Waals surface area contributed by atoms with Crippen molar-refractivity contribution in [3.05, 3.63) is 29.8 Å². The van der Waals surface area contributed by atoms with Crippen LogP contribution in [0.2, 0.25) is 0 Å². The van der Waals surface area contributed by atoms with Crippen LogP contribution in [0.25, 0.3) is 0 Å². The van der Waals surface area contributed by atoms with E-state index in [0.717, 1.165) is 5.56 Å². The van der Waals surface area contributed by atoms with Crippen molar-refractivity contribution < 1.29 is 19.4 Å². The number of carbonyl (C=O) groups excluding carboxylic acids is 1. The minimum atomic E-state index is -0.892. The van der Waals surface area contributed by atoms with Gasteiger partial charge in [-0.25, -0.2) is 0 Å². The van der Waals surface area contributed by atoms with Gasteiger partial charge in [0, 0.05) is 6.54 Å². The van der Waals surface area contributed by atoms with Crippen molar-refractivity contribution in [1.82, 2.24) is 5.32 Å². The molecule has 0 aliphatic heterocycles. The number of primary amides is 1. The Morgan fingerprint density at radius 2 is 2.00 bits per heavy atom. The fourth-order valence-electron chi connectivity index (χ4n) is 1.22. The summed E-state index contributed by atoms with van der Waals surface area (Å²) in [5.74, 6) is -0.878. The van der Waals surface area contributed by atoms with Gasteiger partial charge in [0.2, 0.25) is 0 Å². The lowest BCUT2D eigenvalue weighted by atomic mass is 10.2.